The summed E-state index contributed by atoms with van der Waals surface area (Å²) < 4.78 is 27.7. The van der Waals surface area contributed by atoms with Crippen LogP contribution in [-0.2, 0) is 10.0 Å². The molecule has 1 N–H and O–H groups in total. The standard InChI is InChI=1S/C17H21ClN4O3S3/c1-11(2)10-26-17-21-20-16(27-17)19-15(23)13-9-12(5-6-14(13)18)28(24,25)22-7-3-4-8-22/h5-6,9,11H,3-4,7-8,10H2,1-2H3,(H,19,20,23). The van der Waals surface area contributed by atoms with Crippen LogP contribution in [0.2, 0.25) is 5.02 Å². The summed E-state index contributed by atoms with van der Waals surface area (Å²) >= 11 is 9.00. The van der Waals surface area contributed by atoms with E-state index in [1.165, 1.54) is 33.8 Å². The Labute approximate surface area is 177 Å². The second kappa shape index (κ2) is 9.08. The van der Waals surface area contributed by atoms with E-state index in [1.807, 2.05) is 0 Å². The first-order valence-corrected chi connectivity index (χ1v) is 12.5. The first kappa shape index (κ1) is 21.5. The maximum Gasteiger partial charge on any atom is 0.259 e. The van der Waals surface area contributed by atoms with E-state index < -0.39 is 15.9 Å². The summed E-state index contributed by atoms with van der Waals surface area (Å²) in [6, 6.07) is 4.18. The van der Waals surface area contributed by atoms with Crippen molar-refractivity contribution in [3.8, 4) is 0 Å². The van der Waals surface area contributed by atoms with Crippen molar-refractivity contribution in [2.45, 2.75) is 35.9 Å². The lowest BCUT2D eigenvalue weighted by Crippen LogP contribution is -2.28. The van der Waals surface area contributed by atoms with Crippen LogP contribution in [0.15, 0.2) is 27.4 Å². The molecule has 1 aliphatic heterocycles. The van der Waals surface area contributed by atoms with Crippen LogP contribution >= 0.6 is 34.7 Å². The second-order valence-electron chi connectivity index (χ2n) is 6.78. The van der Waals surface area contributed by atoms with Gasteiger partial charge in [0.05, 0.1) is 15.5 Å². The molecule has 0 radical (unpaired) electrons. The van der Waals surface area contributed by atoms with E-state index in [2.05, 4.69) is 29.4 Å². The topological polar surface area (TPSA) is 92.3 Å². The minimum absolute atomic E-state index is 0.0643. The smallest absolute Gasteiger partial charge is 0.259 e. The molecule has 1 saturated heterocycles. The Balaban J connectivity index is 1.76. The zero-order valence-electron chi connectivity index (χ0n) is 15.5. The Bertz CT molecular complexity index is 956. The zero-order chi connectivity index (χ0) is 20.3. The Morgan fingerprint density at radius 2 is 2.04 bits per heavy atom. The molecule has 7 nitrogen and oxygen atoms in total. The molecule has 152 valence electrons. The Hall–Kier alpha value is -1.20. The number of thioether (sulfide) groups is 1. The number of nitrogens with one attached hydrogen (secondary N) is 1. The molecule has 0 atom stereocenters. The summed E-state index contributed by atoms with van der Waals surface area (Å²) in [5.41, 5.74) is 0.0912. The highest BCUT2D eigenvalue weighted by Crippen LogP contribution is 2.29. The third-order valence-corrected chi connectivity index (χ3v) is 8.68. The fourth-order valence-corrected chi connectivity index (χ4v) is 6.11. The quantitative estimate of drug-likeness (QED) is 0.496. The van der Waals surface area contributed by atoms with Gasteiger partial charge >= 0.3 is 0 Å². The van der Waals surface area contributed by atoms with Gasteiger partial charge in [0, 0.05) is 18.8 Å². The van der Waals surface area contributed by atoms with E-state index in [0.29, 0.717) is 24.1 Å². The maximum absolute atomic E-state index is 12.7. The SMILES string of the molecule is CC(C)CSc1nnc(NC(=O)c2cc(S(=O)(=O)N3CCCC3)ccc2Cl)s1. The number of rotatable bonds is 7. The highest BCUT2D eigenvalue weighted by Gasteiger charge is 2.28. The molecule has 0 aliphatic carbocycles. The molecule has 1 aromatic carbocycles. The minimum Gasteiger partial charge on any atom is -0.296 e. The van der Waals surface area contributed by atoms with Crippen molar-refractivity contribution in [1.82, 2.24) is 14.5 Å². The molecule has 0 saturated carbocycles. The molecule has 1 amide bonds. The summed E-state index contributed by atoms with van der Waals surface area (Å²) in [6.45, 7) is 5.21. The van der Waals surface area contributed by atoms with Crippen molar-refractivity contribution >= 4 is 55.8 Å². The Morgan fingerprint density at radius 3 is 2.71 bits per heavy atom. The molecule has 1 aliphatic rings. The van der Waals surface area contributed by atoms with Crippen molar-refractivity contribution in [2.24, 2.45) is 5.92 Å². The van der Waals surface area contributed by atoms with Crippen LogP contribution in [-0.4, -0.2) is 47.7 Å². The average Bonchev–Trinajstić information content (AvgIpc) is 3.32. The lowest BCUT2D eigenvalue weighted by molar-refractivity contribution is 0.102. The normalized spacial score (nSPS) is 15.3. The van der Waals surface area contributed by atoms with E-state index in [9.17, 15) is 13.2 Å². The molecule has 2 heterocycles. The maximum atomic E-state index is 12.7. The first-order valence-electron chi connectivity index (χ1n) is 8.84. The van der Waals surface area contributed by atoms with Gasteiger partial charge in [-0.05, 0) is 37.0 Å². The number of benzene rings is 1. The van der Waals surface area contributed by atoms with Crippen molar-refractivity contribution in [2.75, 3.05) is 24.2 Å². The molecule has 0 bridgehead atoms. The van der Waals surface area contributed by atoms with Gasteiger partial charge in [0.25, 0.3) is 5.91 Å². The lowest BCUT2D eigenvalue weighted by atomic mass is 10.2. The molecular formula is C17H21ClN4O3S3. The number of carbonyl (C=O) groups excluding carboxylic acids is 1. The minimum atomic E-state index is -3.63. The van der Waals surface area contributed by atoms with Gasteiger partial charge in [-0.3, -0.25) is 10.1 Å². The van der Waals surface area contributed by atoms with Crippen LogP contribution in [0.1, 0.15) is 37.0 Å². The number of hydrogen-bond acceptors (Lipinski definition) is 7. The van der Waals surface area contributed by atoms with Gasteiger partial charge in [0.15, 0.2) is 4.34 Å². The third kappa shape index (κ3) is 5.04. The van der Waals surface area contributed by atoms with E-state index in [4.69, 9.17) is 11.6 Å². The molecular weight excluding hydrogens is 440 g/mol. The Kier molecular flexibility index (Phi) is 6.98. The molecule has 1 fully saturated rings. The fraction of sp³-hybridized carbons (Fsp3) is 0.471. The van der Waals surface area contributed by atoms with Gasteiger partial charge in [-0.25, -0.2) is 8.42 Å². The second-order valence-corrected chi connectivity index (χ2v) is 11.4. The summed E-state index contributed by atoms with van der Waals surface area (Å²) in [4.78, 5) is 12.7. The monoisotopic (exact) mass is 460 g/mol. The van der Waals surface area contributed by atoms with Crippen LogP contribution in [0.5, 0.6) is 0 Å². The van der Waals surface area contributed by atoms with Crippen LogP contribution < -0.4 is 5.32 Å². The van der Waals surface area contributed by atoms with Gasteiger partial charge in [0.1, 0.15) is 0 Å². The van der Waals surface area contributed by atoms with E-state index in [-0.39, 0.29) is 15.5 Å². The van der Waals surface area contributed by atoms with Gasteiger partial charge in [-0.2, -0.15) is 4.31 Å². The average molecular weight is 461 g/mol. The molecule has 28 heavy (non-hydrogen) atoms. The summed E-state index contributed by atoms with van der Waals surface area (Å²) in [6.07, 6.45) is 1.68. The fourth-order valence-electron chi connectivity index (χ4n) is 2.64. The largest absolute Gasteiger partial charge is 0.296 e. The van der Waals surface area contributed by atoms with Gasteiger partial charge in [-0.15, -0.1) is 10.2 Å². The summed E-state index contributed by atoms with van der Waals surface area (Å²) in [5.74, 6) is 0.913. The number of nitrogens with zero attached hydrogens (tertiary/aromatic N) is 3. The van der Waals surface area contributed by atoms with Crippen LogP contribution in [0.3, 0.4) is 0 Å². The predicted octanol–water partition coefficient (Wildman–Crippen LogP) is 3.98. The Morgan fingerprint density at radius 1 is 1.32 bits per heavy atom. The molecule has 3 rings (SSSR count). The number of carbonyl (C=O) groups is 1. The molecule has 11 heteroatoms. The highest BCUT2D eigenvalue weighted by molar-refractivity contribution is 8.01. The zero-order valence-corrected chi connectivity index (χ0v) is 18.7. The molecule has 0 unspecified atom stereocenters. The predicted molar refractivity (Wildman–Crippen MR) is 113 cm³/mol. The number of aromatic nitrogens is 2. The van der Waals surface area contributed by atoms with Crippen LogP contribution in [0.4, 0.5) is 5.13 Å². The van der Waals surface area contributed by atoms with Crippen molar-refractivity contribution < 1.29 is 13.2 Å². The number of anilines is 1. The third-order valence-electron chi connectivity index (χ3n) is 4.05. The van der Waals surface area contributed by atoms with E-state index in [0.717, 1.165) is 22.9 Å². The number of amides is 1. The van der Waals surface area contributed by atoms with Gasteiger partial charge in [0.2, 0.25) is 15.2 Å². The number of sulfonamides is 1. The van der Waals surface area contributed by atoms with Crippen molar-refractivity contribution in [3.63, 3.8) is 0 Å². The van der Waals surface area contributed by atoms with Gasteiger partial charge < -0.3 is 0 Å². The first-order chi connectivity index (χ1) is 13.3. The summed E-state index contributed by atoms with van der Waals surface area (Å²) in [5, 5.41) is 11.2. The highest BCUT2D eigenvalue weighted by atomic mass is 35.5. The van der Waals surface area contributed by atoms with E-state index >= 15 is 0 Å². The molecule has 0 spiro atoms. The molecule has 1 aromatic heterocycles. The number of halogens is 1. The molecule has 2 aromatic rings. The van der Waals surface area contributed by atoms with E-state index in [1.54, 1.807) is 11.8 Å². The lowest BCUT2D eigenvalue weighted by Gasteiger charge is -2.16. The van der Waals surface area contributed by atoms with Crippen LogP contribution in [0, 0.1) is 5.92 Å². The van der Waals surface area contributed by atoms with Crippen molar-refractivity contribution in [3.05, 3.63) is 28.8 Å². The summed E-state index contributed by atoms with van der Waals surface area (Å²) in [7, 11) is -3.63. The van der Waals surface area contributed by atoms with Crippen LogP contribution in [0.25, 0.3) is 0 Å². The van der Waals surface area contributed by atoms with Crippen molar-refractivity contribution in [1.29, 1.82) is 0 Å². The van der Waals surface area contributed by atoms with Gasteiger partial charge in [-0.1, -0.05) is 48.5 Å². The number of hydrogen-bond donors (Lipinski definition) is 1.